The lowest BCUT2D eigenvalue weighted by molar-refractivity contribution is -0.136. The quantitative estimate of drug-likeness (QED) is 0.851. The first-order valence-electron chi connectivity index (χ1n) is 9.79. The predicted molar refractivity (Wildman–Crippen MR) is 104 cm³/mol. The molecule has 1 unspecified atom stereocenters. The van der Waals surface area contributed by atoms with Crippen molar-refractivity contribution in [1.82, 2.24) is 10.2 Å². The van der Waals surface area contributed by atoms with Crippen LogP contribution in [-0.4, -0.2) is 49.9 Å². The van der Waals surface area contributed by atoms with Crippen molar-refractivity contribution in [2.45, 2.75) is 45.1 Å². The van der Waals surface area contributed by atoms with Crippen molar-refractivity contribution in [2.24, 2.45) is 11.8 Å². The van der Waals surface area contributed by atoms with Gasteiger partial charge in [-0.2, -0.15) is 0 Å². The van der Waals surface area contributed by atoms with Gasteiger partial charge in [0.15, 0.2) is 0 Å². The molecule has 1 aromatic rings. The molecule has 1 heterocycles. The SMILES string of the molecule is CC(Cc1ccc(N(C)C)cc1)NC(=O)C1CCN(C(=O)C2CC2)CC1. The maximum atomic E-state index is 12.5. The van der Waals surface area contributed by atoms with E-state index < -0.39 is 0 Å². The minimum absolute atomic E-state index is 0.0387. The van der Waals surface area contributed by atoms with Crippen LogP contribution in [0, 0.1) is 11.8 Å². The molecule has 1 atom stereocenters. The summed E-state index contributed by atoms with van der Waals surface area (Å²) in [7, 11) is 4.06. The summed E-state index contributed by atoms with van der Waals surface area (Å²) >= 11 is 0. The van der Waals surface area contributed by atoms with Crippen molar-refractivity contribution < 1.29 is 9.59 Å². The normalized spacial score (nSPS) is 19.1. The van der Waals surface area contributed by atoms with Gasteiger partial charge >= 0.3 is 0 Å². The molecule has 1 saturated heterocycles. The van der Waals surface area contributed by atoms with Crippen molar-refractivity contribution in [3.05, 3.63) is 29.8 Å². The number of likely N-dealkylation sites (tertiary alicyclic amines) is 1. The van der Waals surface area contributed by atoms with Crippen LogP contribution in [0.4, 0.5) is 5.69 Å². The van der Waals surface area contributed by atoms with Crippen molar-refractivity contribution in [3.8, 4) is 0 Å². The summed E-state index contributed by atoms with van der Waals surface area (Å²) in [6.07, 6.45) is 4.50. The summed E-state index contributed by atoms with van der Waals surface area (Å²) in [5, 5.41) is 3.16. The molecule has 5 nitrogen and oxygen atoms in total. The molecule has 142 valence electrons. The average Bonchev–Trinajstić information content (AvgIpc) is 3.46. The third-order valence-corrected chi connectivity index (χ3v) is 5.49. The van der Waals surface area contributed by atoms with E-state index in [0.717, 1.165) is 45.2 Å². The van der Waals surface area contributed by atoms with Gasteiger partial charge in [0.25, 0.3) is 0 Å². The molecule has 26 heavy (non-hydrogen) atoms. The second-order valence-corrected chi connectivity index (χ2v) is 8.05. The number of carbonyl (C=O) groups excluding carboxylic acids is 2. The third kappa shape index (κ3) is 4.77. The van der Waals surface area contributed by atoms with Crippen LogP contribution in [-0.2, 0) is 16.0 Å². The number of hydrogen-bond acceptors (Lipinski definition) is 3. The summed E-state index contributed by atoms with van der Waals surface area (Å²) < 4.78 is 0. The second-order valence-electron chi connectivity index (χ2n) is 8.05. The summed E-state index contributed by atoms with van der Waals surface area (Å²) in [5.41, 5.74) is 2.41. The van der Waals surface area contributed by atoms with Crippen molar-refractivity contribution in [3.63, 3.8) is 0 Å². The fourth-order valence-corrected chi connectivity index (χ4v) is 3.65. The summed E-state index contributed by atoms with van der Waals surface area (Å²) in [4.78, 5) is 28.7. The minimum Gasteiger partial charge on any atom is -0.378 e. The zero-order valence-electron chi connectivity index (χ0n) is 16.2. The molecule has 0 bridgehead atoms. The minimum atomic E-state index is 0.0387. The Morgan fingerprint density at radius 3 is 2.23 bits per heavy atom. The molecular weight excluding hydrogens is 326 g/mol. The van der Waals surface area contributed by atoms with Crippen molar-refractivity contribution in [1.29, 1.82) is 0 Å². The zero-order valence-corrected chi connectivity index (χ0v) is 16.2. The average molecular weight is 357 g/mol. The van der Waals surface area contributed by atoms with Crippen LogP contribution < -0.4 is 10.2 Å². The van der Waals surface area contributed by atoms with E-state index in [2.05, 4.69) is 41.4 Å². The summed E-state index contributed by atoms with van der Waals surface area (Å²) in [5.74, 6) is 0.760. The van der Waals surface area contributed by atoms with Gasteiger partial charge in [-0.3, -0.25) is 9.59 Å². The zero-order chi connectivity index (χ0) is 18.7. The van der Waals surface area contributed by atoms with Crippen LogP contribution in [0.3, 0.4) is 0 Å². The van der Waals surface area contributed by atoms with Crippen molar-refractivity contribution in [2.75, 3.05) is 32.1 Å². The predicted octanol–water partition coefficient (Wildman–Crippen LogP) is 2.45. The van der Waals surface area contributed by atoms with Crippen LogP contribution in [0.1, 0.15) is 38.2 Å². The fraction of sp³-hybridized carbons (Fsp3) is 0.619. The Kier molecular flexibility index (Phi) is 5.84. The van der Waals surface area contributed by atoms with E-state index in [1.165, 1.54) is 11.3 Å². The number of nitrogens with one attached hydrogen (secondary N) is 1. The van der Waals surface area contributed by atoms with Gasteiger partial charge in [0.2, 0.25) is 11.8 Å². The molecule has 2 amide bonds. The highest BCUT2D eigenvalue weighted by molar-refractivity contribution is 5.82. The molecule has 1 aliphatic carbocycles. The number of benzene rings is 1. The molecule has 1 saturated carbocycles. The number of piperidine rings is 1. The first kappa shape index (κ1) is 18.7. The lowest BCUT2D eigenvalue weighted by Gasteiger charge is -2.32. The molecule has 5 heteroatoms. The van der Waals surface area contributed by atoms with Gasteiger partial charge in [-0.1, -0.05) is 12.1 Å². The molecule has 3 rings (SSSR count). The maximum Gasteiger partial charge on any atom is 0.225 e. The first-order valence-corrected chi connectivity index (χ1v) is 9.79. The number of carbonyl (C=O) groups is 2. The molecule has 1 aliphatic heterocycles. The Balaban J connectivity index is 1.43. The highest BCUT2D eigenvalue weighted by Crippen LogP contribution is 2.32. The number of nitrogens with zero attached hydrogens (tertiary/aromatic N) is 2. The monoisotopic (exact) mass is 357 g/mol. The Morgan fingerprint density at radius 2 is 1.69 bits per heavy atom. The molecule has 0 radical (unpaired) electrons. The molecule has 2 fully saturated rings. The maximum absolute atomic E-state index is 12.5. The van der Waals surface area contributed by atoms with Gasteiger partial charge in [-0.25, -0.2) is 0 Å². The fourth-order valence-electron chi connectivity index (χ4n) is 3.65. The summed E-state index contributed by atoms with van der Waals surface area (Å²) in [6, 6.07) is 8.58. The van der Waals surface area contributed by atoms with Crippen LogP contribution in [0.2, 0.25) is 0 Å². The van der Waals surface area contributed by atoms with Crippen LogP contribution >= 0.6 is 0 Å². The number of amides is 2. The Labute approximate surface area is 156 Å². The molecular formula is C21H31N3O2. The Morgan fingerprint density at radius 1 is 1.08 bits per heavy atom. The van der Waals surface area contributed by atoms with Crippen LogP contribution in [0.5, 0.6) is 0 Å². The van der Waals surface area contributed by atoms with Crippen LogP contribution in [0.15, 0.2) is 24.3 Å². The van der Waals surface area contributed by atoms with E-state index in [0.29, 0.717) is 5.91 Å². The number of rotatable bonds is 6. The Bertz CT molecular complexity index is 629. The molecule has 1 N–H and O–H groups in total. The van der Waals surface area contributed by atoms with E-state index in [-0.39, 0.29) is 23.8 Å². The standard InChI is InChI=1S/C21H31N3O2/c1-15(14-16-4-8-19(9-5-16)23(2)3)22-20(25)17-10-12-24(13-11-17)21(26)18-6-7-18/h4-5,8-9,15,17-18H,6-7,10-14H2,1-3H3,(H,22,25). The van der Waals surface area contributed by atoms with Gasteiger partial charge in [0.05, 0.1) is 0 Å². The van der Waals surface area contributed by atoms with Gasteiger partial charge in [-0.15, -0.1) is 0 Å². The topological polar surface area (TPSA) is 52.7 Å². The van der Waals surface area contributed by atoms with Crippen LogP contribution in [0.25, 0.3) is 0 Å². The number of hydrogen-bond donors (Lipinski definition) is 1. The van der Waals surface area contributed by atoms with E-state index in [1.54, 1.807) is 0 Å². The highest BCUT2D eigenvalue weighted by Gasteiger charge is 2.36. The lowest BCUT2D eigenvalue weighted by Crippen LogP contribution is -2.45. The van der Waals surface area contributed by atoms with Crippen molar-refractivity contribution >= 4 is 17.5 Å². The second kappa shape index (κ2) is 8.11. The Hall–Kier alpha value is -2.04. The largest absolute Gasteiger partial charge is 0.378 e. The lowest BCUT2D eigenvalue weighted by atomic mass is 9.95. The van der Waals surface area contributed by atoms with E-state index >= 15 is 0 Å². The summed E-state index contributed by atoms with van der Waals surface area (Å²) in [6.45, 7) is 3.52. The first-order chi connectivity index (χ1) is 12.4. The molecule has 1 aromatic carbocycles. The highest BCUT2D eigenvalue weighted by atomic mass is 16.2. The van der Waals surface area contributed by atoms with Gasteiger partial charge < -0.3 is 15.1 Å². The van der Waals surface area contributed by atoms with E-state index in [1.807, 2.05) is 19.0 Å². The number of anilines is 1. The third-order valence-electron chi connectivity index (χ3n) is 5.49. The molecule has 0 spiro atoms. The van der Waals surface area contributed by atoms with Gasteiger partial charge in [0, 0.05) is 50.7 Å². The molecule has 0 aromatic heterocycles. The smallest absolute Gasteiger partial charge is 0.225 e. The van der Waals surface area contributed by atoms with Gasteiger partial charge in [-0.05, 0) is 56.7 Å². The molecule has 2 aliphatic rings. The van der Waals surface area contributed by atoms with E-state index in [9.17, 15) is 9.59 Å². The van der Waals surface area contributed by atoms with Gasteiger partial charge in [0.1, 0.15) is 0 Å². The van der Waals surface area contributed by atoms with E-state index in [4.69, 9.17) is 0 Å².